The highest BCUT2D eigenvalue weighted by atomic mass is 32.2. The first kappa shape index (κ1) is 30.3. The van der Waals surface area contributed by atoms with E-state index in [9.17, 15) is 31.1 Å². The summed E-state index contributed by atoms with van der Waals surface area (Å²) >= 11 is 2.39. The molecule has 0 saturated heterocycles. The van der Waals surface area contributed by atoms with Crippen LogP contribution in [0.5, 0.6) is 0 Å². The topological polar surface area (TPSA) is 72.7 Å². The van der Waals surface area contributed by atoms with Gasteiger partial charge in [0.25, 0.3) is 5.91 Å². The quantitative estimate of drug-likeness (QED) is 0.134. The van der Waals surface area contributed by atoms with Crippen LogP contribution in [0.25, 0.3) is 5.69 Å². The zero-order chi connectivity index (χ0) is 30.6. The van der Waals surface area contributed by atoms with Crippen molar-refractivity contribution in [2.45, 2.75) is 36.2 Å². The molecule has 5 aromatic rings. The van der Waals surface area contributed by atoms with E-state index in [1.807, 2.05) is 30.3 Å². The maximum absolute atomic E-state index is 13.5. The molecule has 0 bridgehead atoms. The van der Waals surface area contributed by atoms with E-state index in [4.69, 9.17) is 0 Å². The summed E-state index contributed by atoms with van der Waals surface area (Å²) in [5, 5.41) is 13.5. The fourth-order valence-electron chi connectivity index (χ4n) is 4.11. The number of carbonyl (C=O) groups excluding carboxylic acids is 1. The minimum Gasteiger partial charge on any atom is -0.347 e. The predicted octanol–water partition coefficient (Wildman–Crippen LogP) is 7.57. The normalized spacial score (nSPS) is 12.0. The molecule has 6 nitrogen and oxygen atoms in total. The molecule has 3 aromatic carbocycles. The summed E-state index contributed by atoms with van der Waals surface area (Å²) in [7, 11) is 0. The smallest absolute Gasteiger partial charge is 0.347 e. The third kappa shape index (κ3) is 7.62. The average Bonchev–Trinajstić information content (AvgIpc) is 3.62. The Morgan fingerprint density at radius 2 is 1.51 bits per heavy atom. The summed E-state index contributed by atoms with van der Waals surface area (Å²) < 4.78 is 80.9. The lowest BCUT2D eigenvalue weighted by atomic mass is 10.1. The third-order valence-corrected chi connectivity index (χ3v) is 8.13. The summed E-state index contributed by atoms with van der Waals surface area (Å²) in [4.78, 5) is 16.9. The summed E-state index contributed by atoms with van der Waals surface area (Å²) in [5.74, 6) is 0.137. The fourth-order valence-corrected chi connectivity index (χ4v) is 5.87. The number of nitrogens with one attached hydrogen (secondary N) is 1. The van der Waals surface area contributed by atoms with Gasteiger partial charge in [-0.2, -0.15) is 26.3 Å². The molecular formula is C29H21F6N5OS2. The average molecular weight is 634 g/mol. The highest BCUT2D eigenvalue weighted by molar-refractivity contribution is 7.98. The van der Waals surface area contributed by atoms with Crippen LogP contribution < -0.4 is 5.32 Å². The van der Waals surface area contributed by atoms with Crippen LogP contribution in [0.15, 0.2) is 89.4 Å². The molecule has 0 aliphatic carbocycles. The largest absolute Gasteiger partial charge is 0.416 e. The van der Waals surface area contributed by atoms with Crippen molar-refractivity contribution in [2.24, 2.45) is 0 Å². The Bertz CT molecular complexity index is 1720. The zero-order valence-electron chi connectivity index (χ0n) is 22.0. The van der Waals surface area contributed by atoms with Gasteiger partial charge >= 0.3 is 12.4 Å². The van der Waals surface area contributed by atoms with Gasteiger partial charge in [-0.1, -0.05) is 60.3 Å². The standard InChI is InChI=1S/C29H21F6N5OS2/c30-28(31,32)20-9-4-8-19(12-20)15-36-26(41)23-16-42-25(37-23)17-43-27-39-38-24(13-18-6-2-1-3-7-18)40(27)22-11-5-10-21(14-22)29(33,34)35/h1-12,14,16H,13,15,17H2,(H,36,41). The Kier molecular flexibility index (Phi) is 8.87. The van der Waals surface area contributed by atoms with E-state index < -0.39 is 29.4 Å². The van der Waals surface area contributed by atoms with E-state index in [1.54, 1.807) is 10.6 Å². The zero-order valence-corrected chi connectivity index (χ0v) is 23.6. The van der Waals surface area contributed by atoms with Gasteiger partial charge in [0.1, 0.15) is 16.5 Å². The molecule has 0 aliphatic heterocycles. The van der Waals surface area contributed by atoms with Gasteiger partial charge < -0.3 is 5.32 Å². The van der Waals surface area contributed by atoms with Gasteiger partial charge in [0.05, 0.1) is 22.6 Å². The fraction of sp³-hybridized carbons (Fsp3) is 0.172. The monoisotopic (exact) mass is 633 g/mol. The molecule has 2 aromatic heterocycles. The number of alkyl halides is 6. The maximum atomic E-state index is 13.5. The van der Waals surface area contributed by atoms with E-state index in [1.165, 1.54) is 46.7 Å². The minimum atomic E-state index is -4.53. The minimum absolute atomic E-state index is 0.0942. The third-order valence-electron chi connectivity index (χ3n) is 6.15. The number of carbonyl (C=O) groups is 1. The van der Waals surface area contributed by atoms with Crippen molar-refractivity contribution in [3.8, 4) is 5.69 Å². The molecular weight excluding hydrogens is 612 g/mol. The molecule has 43 heavy (non-hydrogen) atoms. The second-order valence-electron chi connectivity index (χ2n) is 9.24. The van der Waals surface area contributed by atoms with Crippen LogP contribution >= 0.6 is 23.1 Å². The Labute approximate surface area is 249 Å². The van der Waals surface area contributed by atoms with Crippen molar-refractivity contribution in [3.05, 3.63) is 123 Å². The second kappa shape index (κ2) is 12.6. The van der Waals surface area contributed by atoms with Gasteiger partial charge in [0.2, 0.25) is 0 Å². The van der Waals surface area contributed by atoms with Crippen LogP contribution in [0.4, 0.5) is 26.3 Å². The van der Waals surface area contributed by atoms with E-state index in [0.717, 1.165) is 29.8 Å². The number of hydrogen-bond donors (Lipinski definition) is 1. The lowest BCUT2D eigenvalue weighted by Crippen LogP contribution is -2.23. The van der Waals surface area contributed by atoms with Crippen molar-refractivity contribution >= 4 is 29.0 Å². The Hall–Kier alpha value is -4.17. The van der Waals surface area contributed by atoms with Crippen LogP contribution in [-0.2, 0) is 31.1 Å². The highest BCUT2D eigenvalue weighted by Gasteiger charge is 2.31. The van der Waals surface area contributed by atoms with Gasteiger partial charge in [0, 0.05) is 18.3 Å². The molecule has 2 heterocycles. The van der Waals surface area contributed by atoms with Gasteiger partial charge in [-0.25, -0.2) is 4.98 Å². The molecule has 0 radical (unpaired) electrons. The number of benzene rings is 3. The molecule has 0 atom stereocenters. The lowest BCUT2D eigenvalue weighted by Gasteiger charge is -2.13. The Balaban J connectivity index is 1.31. The van der Waals surface area contributed by atoms with Crippen molar-refractivity contribution in [2.75, 3.05) is 0 Å². The predicted molar refractivity (Wildman–Crippen MR) is 150 cm³/mol. The summed E-state index contributed by atoms with van der Waals surface area (Å²) in [6.07, 6.45) is -8.69. The van der Waals surface area contributed by atoms with E-state index >= 15 is 0 Å². The molecule has 1 N–H and O–H groups in total. The number of rotatable bonds is 9. The van der Waals surface area contributed by atoms with Gasteiger partial charge in [-0.15, -0.1) is 21.5 Å². The van der Waals surface area contributed by atoms with Gasteiger partial charge in [-0.3, -0.25) is 9.36 Å². The SMILES string of the molecule is O=C(NCc1cccc(C(F)(F)F)c1)c1csc(CSc2nnc(Cc3ccccc3)n2-c2cccc(C(F)(F)F)c2)n1. The van der Waals surface area contributed by atoms with E-state index in [2.05, 4.69) is 20.5 Å². The molecule has 5 rings (SSSR count). The lowest BCUT2D eigenvalue weighted by molar-refractivity contribution is -0.138. The first-order valence-electron chi connectivity index (χ1n) is 12.6. The number of halogens is 6. The van der Waals surface area contributed by atoms with Crippen molar-refractivity contribution in [1.82, 2.24) is 25.1 Å². The van der Waals surface area contributed by atoms with Gasteiger partial charge in [-0.05, 0) is 41.5 Å². The summed E-state index contributed by atoms with van der Waals surface area (Å²) in [5.41, 5.74) is -0.0771. The Morgan fingerprint density at radius 3 is 2.23 bits per heavy atom. The number of nitrogens with zero attached hydrogens (tertiary/aromatic N) is 4. The molecule has 1 amide bonds. The molecule has 222 valence electrons. The first-order chi connectivity index (χ1) is 20.5. The highest BCUT2D eigenvalue weighted by Crippen LogP contribution is 2.33. The van der Waals surface area contributed by atoms with Gasteiger partial charge in [0.15, 0.2) is 5.16 Å². The summed E-state index contributed by atoms with van der Waals surface area (Å²) in [6, 6.07) is 18.9. The van der Waals surface area contributed by atoms with Crippen LogP contribution in [0.1, 0.15) is 43.6 Å². The molecule has 0 unspecified atom stereocenters. The number of hydrogen-bond acceptors (Lipinski definition) is 6. The van der Waals surface area contributed by atoms with Crippen molar-refractivity contribution < 1.29 is 31.1 Å². The van der Waals surface area contributed by atoms with Crippen LogP contribution in [0.3, 0.4) is 0 Å². The number of thiazole rings is 1. The number of aromatic nitrogens is 4. The van der Waals surface area contributed by atoms with Crippen LogP contribution in [0.2, 0.25) is 0 Å². The molecule has 0 saturated carbocycles. The molecule has 0 aliphatic rings. The summed E-state index contributed by atoms with van der Waals surface area (Å²) in [6.45, 7) is -0.116. The number of thioether (sulfide) groups is 1. The van der Waals surface area contributed by atoms with E-state index in [-0.39, 0.29) is 29.2 Å². The Morgan fingerprint density at radius 1 is 0.837 bits per heavy atom. The number of amides is 1. The van der Waals surface area contributed by atoms with Crippen molar-refractivity contribution in [3.63, 3.8) is 0 Å². The second-order valence-corrected chi connectivity index (χ2v) is 11.1. The maximum Gasteiger partial charge on any atom is 0.416 e. The van der Waals surface area contributed by atoms with Crippen molar-refractivity contribution in [1.29, 1.82) is 0 Å². The van der Waals surface area contributed by atoms with Crippen LogP contribution in [0, 0.1) is 0 Å². The molecule has 14 heteroatoms. The first-order valence-corrected chi connectivity index (χ1v) is 14.5. The van der Waals surface area contributed by atoms with Crippen LogP contribution in [-0.4, -0.2) is 25.7 Å². The molecule has 0 fully saturated rings. The molecule has 0 spiro atoms. The van der Waals surface area contributed by atoms with E-state index in [0.29, 0.717) is 22.4 Å².